The number of benzene rings is 1. The minimum Gasteiger partial charge on any atom is -0.468 e. The summed E-state index contributed by atoms with van der Waals surface area (Å²) in [7, 11) is -2.47. The van der Waals surface area contributed by atoms with Gasteiger partial charge in [-0.25, -0.2) is 17.8 Å². The Morgan fingerprint density at radius 2 is 1.95 bits per heavy atom. The second-order valence-corrected chi connectivity index (χ2v) is 6.34. The van der Waals surface area contributed by atoms with E-state index in [9.17, 15) is 12.8 Å². The van der Waals surface area contributed by atoms with Crippen molar-refractivity contribution in [2.75, 3.05) is 6.67 Å². The molecule has 2 atom stereocenters. The molecule has 110 valence electrons. The molecule has 4 nitrogen and oxygen atoms in total. The Kier molecular flexibility index (Phi) is 5.23. The molecule has 1 aromatic carbocycles. The number of nitrogens with zero attached hydrogens (tertiary/aromatic N) is 1. The van der Waals surface area contributed by atoms with E-state index in [2.05, 4.69) is 4.99 Å². The molecule has 0 bridgehead atoms. The summed E-state index contributed by atoms with van der Waals surface area (Å²) < 4.78 is 39.7. The molecule has 1 heterocycles. The van der Waals surface area contributed by atoms with E-state index in [0.29, 0.717) is 11.1 Å². The summed E-state index contributed by atoms with van der Waals surface area (Å²) in [5, 5.41) is 0. The van der Waals surface area contributed by atoms with Crippen LogP contribution < -0.4 is 0 Å². The lowest BCUT2D eigenvalue weighted by Crippen LogP contribution is -2.16. The highest BCUT2D eigenvalue weighted by Crippen LogP contribution is 2.32. The van der Waals surface area contributed by atoms with E-state index in [4.69, 9.17) is 27.9 Å². The first-order chi connectivity index (χ1) is 9.51. The van der Waals surface area contributed by atoms with Gasteiger partial charge in [-0.1, -0.05) is 47.5 Å². The summed E-state index contributed by atoms with van der Waals surface area (Å²) >= 11 is 11.3. The van der Waals surface area contributed by atoms with Crippen molar-refractivity contribution < 1.29 is 17.5 Å². The topological polar surface area (TPSA) is 55.7 Å². The van der Waals surface area contributed by atoms with Crippen LogP contribution in [0.3, 0.4) is 0 Å². The summed E-state index contributed by atoms with van der Waals surface area (Å²) in [4.78, 5) is 3.06. The molecular formula is C12H12Cl2FNO3S. The van der Waals surface area contributed by atoms with Gasteiger partial charge in [0.15, 0.2) is 10.9 Å². The number of hydrogen-bond acceptors (Lipinski definition) is 4. The Morgan fingerprint density at radius 3 is 2.45 bits per heavy atom. The monoisotopic (exact) mass is 339 g/mol. The molecule has 0 radical (unpaired) electrons. The predicted octanol–water partition coefficient (Wildman–Crippen LogP) is 2.41. The van der Waals surface area contributed by atoms with E-state index < -0.39 is 34.4 Å². The fraction of sp³-hybridized carbons (Fsp3) is 0.417. The van der Waals surface area contributed by atoms with Gasteiger partial charge in [-0.05, 0) is 11.1 Å². The molecule has 0 fully saturated rings. The Labute approximate surface area is 127 Å². The first-order valence-electron chi connectivity index (χ1n) is 5.80. The number of halogens is 3. The Hall–Kier alpha value is -0.850. The first kappa shape index (κ1) is 15.5. The zero-order valence-corrected chi connectivity index (χ0v) is 12.6. The van der Waals surface area contributed by atoms with Gasteiger partial charge >= 0.3 is 0 Å². The van der Waals surface area contributed by atoms with Crippen LogP contribution in [0.2, 0.25) is 0 Å². The van der Waals surface area contributed by atoms with E-state index in [0.717, 1.165) is 0 Å². The Bertz CT molecular complexity index is 567. The van der Waals surface area contributed by atoms with Crippen LogP contribution in [0.1, 0.15) is 17.2 Å². The third kappa shape index (κ3) is 3.62. The maximum atomic E-state index is 13.0. The lowest BCUT2D eigenvalue weighted by Gasteiger charge is -2.16. The molecule has 1 aromatic rings. The van der Waals surface area contributed by atoms with Crippen molar-refractivity contribution >= 4 is 39.8 Å². The van der Waals surface area contributed by atoms with E-state index >= 15 is 0 Å². The maximum absolute atomic E-state index is 13.0. The Morgan fingerprint density at radius 1 is 1.30 bits per heavy atom. The number of alkyl halides is 3. The average Bonchev–Trinajstić information content (AvgIpc) is 2.83. The Balaban J connectivity index is 2.15. The quantitative estimate of drug-likeness (QED) is 0.662. The zero-order valence-electron chi connectivity index (χ0n) is 10.2. The molecule has 0 spiro atoms. The van der Waals surface area contributed by atoms with Crippen LogP contribution in [-0.4, -0.2) is 31.9 Å². The highest BCUT2D eigenvalue weighted by atomic mass is 35.5. The van der Waals surface area contributed by atoms with E-state index in [1.807, 2.05) is 0 Å². The molecule has 0 unspecified atom stereocenters. The van der Waals surface area contributed by atoms with Gasteiger partial charge in [-0.3, -0.25) is 0 Å². The minimum absolute atomic E-state index is 0.0269. The molecule has 1 aliphatic heterocycles. The van der Waals surface area contributed by atoms with Gasteiger partial charge in [0.25, 0.3) is 0 Å². The summed E-state index contributed by atoms with van der Waals surface area (Å²) in [6, 6.07) is 6.02. The second-order valence-electron chi connectivity index (χ2n) is 4.26. The summed E-state index contributed by atoms with van der Waals surface area (Å²) in [6.07, 6.45) is -0.593. The van der Waals surface area contributed by atoms with E-state index in [1.54, 1.807) is 24.3 Å². The highest BCUT2D eigenvalue weighted by molar-refractivity contribution is 7.71. The number of ether oxygens (including phenoxy) is 1. The predicted molar refractivity (Wildman–Crippen MR) is 77.0 cm³/mol. The lowest BCUT2D eigenvalue weighted by atomic mass is 10.0. The number of rotatable bonds is 5. The van der Waals surface area contributed by atoms with Crippen LogP contribution in [-0.2, 0) is 21.2 Å². The average molecular weight is 340 g/mol. The lowest BCUT2D eigenvalue weighted by molar-refractivity contribution is 0.178. The van der Waals surface area contributed by atoms with Gasteiger partial charge in [-0.2, -0.15) is 0 Å². The van der Waals surface area contributed by atoms with Gasteiger partial charge < -0.3 is 4.74 Å². The smallest absolute Gasteiger partial charge is 0.218 e. The van der Waals surface area contributed by atoms with Crippen molar-refractivity contribution in [1.29, 1.82) is 0 Å². The van der Waals surface area contributed by atoms with Crippen molar-refractivity contribution in [3.05, 3.63) is 35.4 Å². The molecule has 0 saturated carbocycles. The summed E-state index contributed by atoms with van der Waals surface area (Å²) in [5.74, 6) is 0.0774. The molecule has 0 N–H and O–H groups in total. The van der Waals surface area contributed by atoms with Crippen molar-refractivity contribution in [1.82, 2.24) is 0 Å². The third-order valence-corrected chi connectivity index (χ3v) is 3.85. The minimum atomic E-state index is -2.47. The van der Waals surface area contributed by atoms with Gasteiger partial charge in [0, 0.05) is 0 Å². The van der Waals surface area contributed by atoms with Crippen molar-refractivity contribution in [3.63, 3.8) is 0 Å². The molecule has 0 amide bonds. The van der Waals surface area contributed by atoms with Crippen LogP contribution in [0.4, 0.5) is 4.39 Å². The van der Waals surface area contributed by atoms with Crippen molar-refractivity contribution in [3.8, 4) is 0 Å². The highest BCUT2D eigenvalue weighted by Gasteiger charge is 2.34. The van der Waals surface area contributed by atoms with Gasteiger partial charge in [-0.15, -0.1) is 0 Å². The third-order valence-electron chi connectivity index (χ3n) is 2.85. The molecule has 1 aliphatic rings. The number of thiol groups is 1. The van der Waals surface area contributed by atoms with Crippen LogP contribution in [0.5, 0.6) is 0 Å². The van der Waals surface area contributed by atoms with Crippen molar-refractivity contribution in [2.45, 2.75) is 22.7 Å². The van der Waals surface area contributed by atoms with Crippen molar-refractivity contribution in [2.24, 2.45) is 4.99 Å². The largest absolute Gasteiger partial charge is 0.468 e. The first-order valence-corrected chi connectivity index (χ1v) is 8.04. The van der Waals surface area contributed by atoms with E-state index in [1.165, 1.54) is 0 Å². The number of hydrogen-bond donors (Lipinski definition) is 1. The molecule has 0 aromatic heterocycles. The fourth-order valence-electron chi connectivity index (χ4n) is 1.95. The molecule has 20 heavy (non-hydrogen) atoms. The van der Waals surface area contributed by atoms with Crippen LogP contribution >= 0.6 is 23.2 Å². The standard InChI is InChI=1S/C12H12Cl2FNO3S/c13-11(14)12-16-9(5-15)10(19-12)8-3-1-7(2-4-8)6-20(17)18/h1-4,9-11,20H,5-6H2/t9-,10-/m1/s1. The van der Waals surface area contributed by atoms with E-state index in [-0.39, 0.29) is 11.7 Å². The normalized spacial score (nSPS) is 22.1. The summed E-state index contributed by atoms with van der Waals surface area (Å²) in [5.41, 5.74) is 1.36. The van der Waals surface area contributed by atoms with Gasteiger partial charge in [0.05, 0.1) is 5.75 Å². The van der Waals surface area contributed by atoms with Crippen LogP contribution in [0, 0.1) is 0 Å². The van der Waals surface area contributed by atoms with Crippen LogP contribution in [0.15, 0.2) is 29.3 Å². The fourth-order valence-corrected chi connectivity index (χ4v) is 2.67. The van der Waals surface area contributed by atoms with Gasteiger partial charge in [0.1, 0.15) is 23.4 Å². The molecule has 2 rings (SSSR count). The molecule has 0 saturated heterocycles. The molecule has 0 aliphatic carbocycles. The SMILES string of the molecule is O=[SH](=O)Cc1ccc([C@H]2OC(C(Cl)Cl)=N[C@@H]2CF)cc1. The van der Waals surface area contributed by atoms with Gasteiger partial charge in [0.2, 0.25) is 5.90 Å². The zero-order chi connectivity index (χ0) is 14.7. The molecular weight excluding hydrogens is 328 g/mol. The number of aliphatic imine (C=N–C) groups is 1. The maximum Gasteiger partial charge on any atom is 0.218 e. The van der Waals surface area contributed by atoms with Crippen LogP contribution in [0.25, 0.3) is 0 Å². The second kappa shape index (κ2) is 6.74. The summed E-state index contributed by atoms with van der Waals surface area (Å²) in [6.45, 7) is -0.692. The molecule has 8 heteroatoms.